The van der Waals surface area contributed by atoms with Gasteiger partial charge in [-0.15, -0.1) is 10.2 Å². The summed E-state index contributed by atoms with van der Waals surface area (Å²) in [4.78, 5) is 0. The van der Waals surface area contributed by atoms with Crippen LogP contribution in [0.2, 0.25) is 0 Å². The zero-order valence-electron chi connectivity index (χ0n) is 9.36. The molecular formula is C9H15N3O2S2. The van der Waals surface area contributed by atoms with Crippen molar-refractivity contribution in [1.29, 1.82) is 0 Å². The first-order chi connectivity index (χ1) is 7.43. The summed E-state index contributed by atoms with van der Waals surface area (Å²) in [6.07, 6.45) is 1.78. The minimum Gasteiger partial charge on any atom is -0.257 e. The number of nitrogens with zero attached hydrogens (tertiary/aromatic N) is 2. The number of sulfonamides is 1. The predicted octanol–water partition coefficient (Wildman–Crippen LogP) is 1.81. The van der Waals surface area contributed by atoms with Crippen molar-refractivity contribution in [1.82, 2.24) is 10.2 Å². The molecule has 0 aliphatic rings. The summed E-state index contributed by atoms with van der Waals surface area (Å²) in [7, 11) is -3.38. The molecule has 1 N–H and O–H groups in total. The van der Waals surface area contributed by atoms with Crippen LogP contribution in [0.15, 0.2) is 12.2 Å². The van der Waals surface area contributed by atoms with E-state index in [2.05, 4.69) is 21.5 Å². The van der Waals surface area contributed by atoms with Crippen LogP contribution in [-0.4, -0.2) is 24.4 Å². The van der Waals surface area contributed by atoms with E-state index < -0.39 is 10.0 Å². The number of hydrogen-bond acceptors (Lipinski definition) is 5. The van der Waals surface area contributed by atoms with Crippen LogP contribution < -0.4 is 4.72 Å². The Kier molecular flexibility index (Phi) is 4.43. The van der Waals surface area contributed by atoms with E-state index in [1.807, 2.05) is 6.92 Å². The second kappa shape index (κ2) is 5.40. The molecule has 1 aromatic rings. The molecule has 0 radical (unpaired) electrons. The van der Waals surface area contributed by atoms with Gasteiger partial charge < -0.3 is 0 Å². The van der Waals surface area contributed by atoms with Crippen molar-refractivity contribution in [2.24, 2.45) is 0 Å². The molecule has 1 rings (SSSR count). The van der Waals surface area contributed by atoms with Crippen molar-refractivity contribution < 1.29 is 8.42 Å². The average Bonchev–Trinajstić information content (AvgIpc) is 2.49. The van der Waals surface area contributed by atoms with E-state index in [1.165, 1.54) is 11.3 Å². The van der Waals surface area contributed by atoms with E-state index in [9.17, 15) is 8.42 Å². The minimum atomic E-state index is -3.38. The molecule has 0 aromatic carbocycles. The molecule has 1 aromatic heterocycles. The molecule has 0 aliphatic carbocycles. The molecular weight excluding hydrogens is 246 g/mol. The molecule has 0 amide bonds. The van der Waals surface area contributed by atoms with E-state index in [0.29, 0.717) is 10.7 Å². The molecule has 90 valence electrons. The second-order valence-corrected chi connectivity index (χ2v) is 6.35. The lowest BCUT2D eigenvalue weighted by molar-refractivity contribution is 0.603. The topological polar surface area (TPSA) is 72.0 Å². The SMILES string of the molecule is C=C(C)CS(=O)(=O)Nc1nnc(CCC)s1. The van der Waals surface area contributed by atoms with Crippen LogP contribution in [0.5, 0.6) is 0 Å². The van der Waals surface area contributed by atoms with Gasteiger partial charge in [0.2, 0.25) is 15.2 Å². The van der Waals surface area contributed by atoms with E-state index in [0.717, 1.165) is 17.8 Å². The Hall–Kier alpha value is -0.950. The maximum absolute atomic E-state index is 11.5. The highest BCUT2D eigenvalue weighted by atomic mass is 32.2. The van der Waals surface area contributed by atoms with Crippen LogP contribution >= 0.6 is 11.3 Å². The molecule has 0 unspecified atom stereocenters. The van der Waals surface area contributed by atoms with Gasteiger partial charge in [-0.25, -0.2) is 8.42 Å². The minimum absolute atomic E-state index is 0.0876. The van der Waals surface area contributed by atoms with E-state index >= 15 is 0 Å². The van der Waals surface area contributed by atoms with Gasteiger partial charge in [-0.2, -0.15) is 0 Å². The molecule has 7 heteroatoms. The van der Waals surface area contributed by atoms with Crippen LogP contribution in [0.3, 0.4) is 0 Å². The highest BCUT2D eigenvalue weighted by molar-refractivity contribution is 7.93. The molecule has 0 fully saturated rings. The maximum Gasteiger partial charge on any atom is 0.238 e. The number of aryl methyl sites for hydroxylation is 1. The van der Waals surface area contributed by atoms with E-state index in [-0.39, 0.29) is 5.75 Å². The van der Waals surface area contributed by atoms with Gasteiger partial charge in [-0.1, -0.05) is 30.4 Å². The smallest absolute Gasteiger partial charge is 0.238 e. The monoisotopic (exact) mass is 261 g/mol. The summed E-state index contributed by atoms with van der Waals surface area (Å²) < 4.78 is 25.5. The van der Waals surface area contributed by atoms with Crippen molar-refractivity contribution in [3.05, 3.63) is 17.2 Å². The first-order valence-corrected chi connectivity index (χ1v) is 7.37. The zero-order valence-corrected chi connectivity index (χ0v) is 11.0. The van der Waals surface area contributed by atoms with Gasteiger partial charge in [0.25, 0.3) is 0 Å². The summed E-state index contributed by atoms with van der Waals surface area (Å²) >= 11 is 1.27. The normalized spacial score (nSPS) is 11.4. The Balaban J connectivity index is 2.69. The lowest BCUT2D eigenvalue weighted by Crippen LogP contribution is -2.16. The first kappa shape index (κ1) is 13.1. The van der Waals surface area contributed by atoms with Crippen LogP contribution in [0.25, 0.3) is 0 Å². The molecule has 0 saturated heterocycles. The quantitative estimate of drug-likeness (QED) is 0.793. The largest absolute Gasteiger partial charge is 0.257 e. The Morgan fingerprint density at radius 2 is 2.19 bits per heavy atom. The van der Waals surface area contributed by atoms with Gasteiger partial charge >= 0.3 is 0 Å². The Morgan fingerprint density at radius 3 is 2.75 bits per heavy atom. The van der Waals surface area contributed by atoms with E-state index in [4.69, 9.17) is 0 Å². The number of anilines is 1. The molecule has 0 atom stereocenters. The Bertz CT molecular complexity index is 465. The van der Waals surface area contributed by atoms with Gasteiger partial charge in [-0.3, -0.25) is 4.72 Å². The molecule has 16 heavy (non-hydrogen) atoms. The van der Waals surface area contributed by atoms with Crippen LogP contribution in [0.1, 0.15) is 25.3 Å². The summed E-state index contributed by atoms with van der Waals surface area (Å²) in [6, 6.07) is 0. The number of aromatic nitrogens is 2. The molecule has 5 nitrogen and oxygen atoms in total. The van der Waals surface area contributed by atoms with Gasteiger partial charge in [0.05, 0.1) is 5.75 Å². The third-order valence-corrected chi connectivity index (χ3v) is 4.01. The van der Waals surface area contributed by atoms with Crippen LogP contribution in [0.4, 0.5) is 5.13 Å². The second-order valence-electron chi connectivity index (χ2n) is 3.57. The lowest BCUT2D eigenvalue weighted by atomic mass is 10.4. The third-order valence-electron chi connectivity index (χ3n) is 1.61. The van der Waals surface area contributed by atoms with Crippen molar-refractivity contribution in [2.75, 3.05) is 10.5 Å². The summed E-state index contributed by atoms with van der Waals surface area (Å²) in [5.41, 5.74) is 0.589. The molecule has 0 aliphatic heterocycles. The van der Waals surface area contributed by atoms with Gasteiger partial charge in [-0.05, 0) is 13.3 Å². The van der Waals surface area contributed by atoms with Crippen LogP contribution in [0, 0.1) is 0 Å². The Labute approximate surface area is 99.7 Å². The number of rotatable bonds is 6. The highest BCUT2D eigenvalue weighted by Crippen LogP contribution is 2.18. The first-order valence-electron chi connectivity index (χ1n) is 4.90. The molecule has 0 saturated carbocycles. The molecule has 1 heterocycles. The lowest BCUT2D eigenvalue weighted by Gasteiger charge is -2.02. The highest BCUT2D eigenvalue weighted by Gasteiger charge is 2.13. The van der Waals surface area contributed by atoms with Crippen molar-refractivity contribution in [3.63, 3.8) is 0 Å². The van der Waals surface area contributed by atoms with Gasteiger partial charge in [0, 0.05) is 6.42 Å². The Morgan fingerprint density at radius 1 is 1.50 bits per heavy atom. The van der Waals surface area contributed by atoms with Crippen LogP contribution in [-0.2, 0) is 16.4 Å². The van der Waals surface area contributed by atoms with Crippen molar-refractivity contribution >= 4 is 26.5 Å². The summed E-state index contributed by atoms with van der Waals surface area (Å²) in [6.45, 7) is 7.27. The fraction of sp³-hybridized carbons (Fsp3) is 0.556. The summed E-state index contributed by atoms with van der Waals surface area (Å²) in [5, 5.41) is 8.83. The maximum atomic E-state index is 11.5. The van der Waals surface area contributed by atoms with Gasteiger partial charge in [0.15, 0.2) is 0 Å². The standard InChI is InChI=1S/C9H15N3O2S2/c1-4-5-8-10-11-9(15-8)12-16(13,14)6-7(2)3/h2,4-6H2,1,3H3,(H,11,12). The number of nitrogens with one attached hydrogen (secondary N) is 1. The number of hydrogen-bond donors (Lipinski definition) is 1. The van der Waals surface area contributed by atoms with E-state index in [1.54, 1.807) is 6.92 Å². The van der Waals surface area contributed by atoms with Gasteiger partial charge in [0.1, 0.15) is 5.01 Å². The fourth-order valence-electron chi connectivity index (χ4n) is 1.10. The molecule has 0 bridgehead atoms. The average molecular weight is 261 g/mol. The van der Waals surface area contributed by atoms with Crippen molar-refractivity contribution in [2.45, 2.75) is 26.7 Å². The third kappa shape index (κ3) is 4.28. The fourth-order valence-corrected chi connectivity index (χ4v) is 3.37. The zero-order chi connectivity index (χ0) is 12.2. The summed E-state index contributed by atoms with van der Waals surface area (Å²) in [5.74, 6) is -0.0876. The van der Waals surface area contributed by atoms with Crippen molar-refractivity contribution in [3.8, 4) is 0 Å². The predicted molar refractivity (Wildman–Crippen MR) is 66.1 cm³/mol. The molecule has 0 spiro atoms.